The quantitative estimate of drug-likeness (QED) is 0.466. The molecule has 1 heterocycles. The molecule has 4 fully saturated rings. The molecule has 0 saturated heterocycles. The molecular weight excluding hydrogens is 428 g/mol. The fraction of sp³-hybridized carbons (Fsp3) is 0.840. The highest BCUT2D eigenvalue weighted by atomic mass is 16.6. The van der Waals surface area contributed by atoms with E-state index in [4.69, 9.17) is 9.47 Å². The van der Waals surface area contributed by atoms with Gasteiger partial charge in [0.25, 0.3) is 0 Å². The molecule has 0 bridgehead atoms. The van der Waals surface area contributed by atoms with Crippen LogP contribution in [0.3, 0.4) is 0 Å². The molecule has 0 amide bonds. The van der Waals surface area contributed by atoms with Crippen LogP contribution in [-0.2, 0) is 19.1 Å². The summed E-state index contributed by atoms with van der Waals surface area (Å²) in [5.74, 6) is -1.38. The zero-order chi connectivity index (χ0) is 23.8. The van der Waals surface area contributed by atoms with Gasteiger partial charge >= 0.3 is 11.9 Å². The number of carbonyl (C=O) groups is 2. The number of aliphatic hydroxyl groups is 4. The lowest BCUT2D eigenvalue weighted by molar-refractivity contribution is -0.233. The standard InChI is InChI=1S/C25H36O8/c1-13(27)33-20-9-14-3-4-18-17(24(14,12-26)10-19(20)28)5-7-23(2)16(6-8-25(18,23)31)15-11-32-22(30)21(15)29/h14,16-20,26,28-29,31H,3-12H2,1-2H3. The first-order chi connectivity index (χ1) is 15.6. The molecule has 0 aromatic carbocycles. The Morgan fingerprint density at radius 2 is 1.94 bits per heavy atom. The number of esters is 2. The predicted octanol–water partition coefficient (Wildman–Crippen LogP) is 2.00. The van der Waals surface area contributed by atoms with Crippen molar-refractivity contribution in [2.75, 3.05) is 13.2 Å². The summed E-state index contributed by atoms with van der Waals surface area (Å²) in [6, 6.07) is 0. The second-order valence-electron chi connectivity index (χ2n) is 11.5. The number of hydrogen-bond acceptors (Lipinski definition) is 8. The maximum Gasteiger partial charge on any atom is 0.373 e. The molecule has 0 radical (unpaired) electrons. The molecule has 0 aromatic heterocycles. The summed E-state index contributed by atoms with van der Waals surface area (Å²) in [6.07, 6.45) is 3.86. The molecule has 33 heavy (non-hydrogen) atoms. The first kappa shape index (κ1) is 23.1. The summed E-state index contributed by atoms with van der Waals surface area (Å²) in [7, 11) is 0. The Kier molecular flexibility index (Phi) is 5.38. The van der Waals surface area contributed by atoms with E-state index >= 15 is 0 Å². The molecule has 4 aliphatic carbocycles. The zero-order valence-corrected chi connectivity index (χ0v) is 19.5. The summed E-state index contributed by atoms with van der Waals surface area (Å²) in [5.41, 5.74) is -1.38. The van der Waals surface area contributed by atoms with Crippen LogP contribution in [0.4, 0.5) is 0 Å². The van der Waals surface area contributed by atoms with Crippen LogP contribution in [0.25, 0.3) is 0 Å². The van der Waals surface area contributed by atoms with Gasteiger partial charge in [-0.25, -0.2) is 4.79 Å². The molecule has 5 rings (SSSR count). The molecule has 8 heteroatoms. The largest absolute Gasteiger partial charge is 0.502 e. The van der Waals surface area contributed by atoms with Gasteiger partial charge in [0.15, 0.2) is 0 Å². The highest BCUT2D eigenvalue weighted by Gasteiger charge is 2.69. The second-order valence-corrected chi connectivity index (χ2v) is 11.5. The lowest BCUT2D eigenvalue weighted by atomic mass is 9.42. The van der Waals surface area contributed by atoms with Gasteiger partial charge in [0.05, 0.1) is 11.7 Å². The molecule has 0 aromatic rings. The second kappa shape index (κ2) is 7.68. The summed E-state index contributed by atoms with van der Waals surface area (Å²) in [5, 5.41) is 44.1. The lowest BCUT2D eigenvalue weighted by Gasteiger charge is -2.64. The normalized spacial score (nSPS) is 49.2. The molecular formula is C25H36O8. The summed E-state index contributed by atoms with van der Waals surface area (Å²) in [6.45, 7) is 3.45. The number of rotatable bonds is 3. The summed E-state index contributed by atoms with van der Waals surface area (Å²) >= 11 is 0. The van der Waals surface area contributed by atoms with Gasteiger partial charge in [-0.1, -0.05) is 6.92 Å². The molecule has 4 saturated carbocycles. The van der Waals surface area contributed by atoms with Crippen molar-refractivity contribution in [3.05, 3.63) is 11.3 Å². The van der Waals surface area contributed by atoms with E-state index in [0.717, 1.165) is 19.3 Å². The topological polar surface area (TPSA) is 134 Å². The Balaban J connectivity index is 1.45. The van der Waals surface area contributed by atoms with E-state index in [0.29, 0.717) is 37.7 Å². The van der Waals surface area contributed by atoms with Crippen LogP contribution in [0, 0.1) is 34.5 Å². The zero-order valence-electron chi connectivity index (χ0n) is 19.5. The third-order valence-corrected chi connectivity index (χ3v) is 10.4. The van der Waals surface area contributed by atoms with E-state index in [9.17, 15) is 30.0 Å². The number of fused-ring (bicyclic) bond motifs is 5. The van der Waals surface area contributed by atoms with Crippen LogP contribution >= 0.6 is 0 Å². The van der Waals surface area contributed by atoms with Crippen molar-refractivity contribution in [1.82, 2.24) is 0 Å². The van der Waals surface area contributed by atoms with Gasteiger partial charge in [0.1, 0.15) is 12.7 Å². The SMILES string of the molecule is CC(=O)OC1CC2CCC3C(CCC4(C)C(C5=C(O)C(=O)OC5)CCC34O)C2(CO)CC1O. The van der Waals surface area contributed by atoms with Crippen molar-refractivity contribution in [2.45, 2.75) is 83.0 Å². The Hall–Kier alpha value is -1.64. The first-order valence-corrected chi connectivity index (χ1v) is 12.3. The van der Waals surface area contributed by atoms with Gasteiger partial charge < -0.3 is 29.9 Å². The summed E-state index contributed by atoms with van der Waals surface area (Å²) < 4.78 is 10.5. The van der Waals surface area contributed by atoms with Gasteiger partial charge in [0.2, 0.25) is 5.76 Å². The van der Waals surface area contributed by atoms with E-state index in [1.54, 1.807) is 0 Å². The van der Waals surface area contributed by atoms with Crippen molar-refractivity contribution in [3.8, 4) is 0 Å². The number of hydrogen-bond donors (Lipinski definition) is 4. The first-order valence-electron chi connectivity index (χ1n) is 12.3. The van der Waals surface area contributed by atoms with E-state index in [1.165, 1.54) is 6.92 Å². The van der Waals surface area contributed by atoms with Gasteiger partial charge in [-0.2, -0.15) is 0 Å². The number of ether oxygens (including phenoxy) is 2. The molecule has 4 N–H and O–H groups in total. The number of aliphatic hydroxyl groups excluding tert-OH is 3. The Morgan fingerprint density at radius 3 is 2.58 bits per heavy atom. The molecule has 184 valence electrons. The number of carbonyl (C=O) groups excluding carboxylic acids is 2. The highest BCUT2D eigenvalue weighted by molar-refractivity contribution is 5.89. The van der Waals surface area contributed by atoms with Crippen LogP contribution in [-0.4, -0.2) is 63.4 Å². The van der Waals surface area contributed by atoms with E-state index < -0.39 is 40.6 Å². The van der Waals surface area contributed by atoms with E-state index in [-0.39, 0.29) is 42.6 Å². The molecule has 1 aliphatic heterocycles. The number of cyclic esters (lactones) is 1. The Morgan fingerprint density at radius 1 is 1.18 bits per heavy atom. The van der Waals surface area contributed by atoms with Crippen LogP contribution in [0.1, 0.15) is 65.2 Å². The van der Waals surface area contributed by atoms with Crippen molar-refractivity contribution >= 4 is 11.9 Å². The van der Waals surface area contributed by atoms with Crippen molar-refractivity contribution < 1.29 is 39.5 Å². The fourth-order valence-corrected chi connectivity index (χ4v) is 8.87. The predicted molar refractivity (Wildman–Crippen MR) is 116 cm³/mol. The van der Waals surface area contributed by atoms with Crippen LogP contribution in [0.15, 0.2) is 11.3 Å². The van der Waals surface area contributed by atoms with Crippen LogP contribution in [0.2, 0.25) is 0 Å². The Labute approximate surface area is 194 Å². The molecule has 8 nitrogen and oxygen atoms in total. The van der Waals surface area contributed by atoms with E-state index in [1.807, 2.05) is 0 Å². The van der Waals surface area contributed by atoms with Crippen LogP contribution < -0.4 is 0 Å². The van der Waals surface area contributed by atoms with Gasteiger partial charge in [-0.15, -0.1) is 0 Å². The molecule has 9 unspecified atom stereocenters. The third kappa shape index (κ3) is 3.06. The highest BCUT2D eigenvalue weighted by Crippen LogP contribution is 2.70. The van der Waals surface area contributed by atoms with E-state index in [2.05, 4.69) is 6.92 Å². The summed E-state index contributed by atoms with van der Waals surface area (Å²) in [4.78, 5) is 23.3. The minimum Gasteiger partial charge on any atom is -0.502 e. The molecule has 5 aliphatic rings. The van der Waals surface area contributed by atoms with Gasteiger partial charge in [-0.3, -0.25) is 4.79 Å². The Bertz CT molecular complexity index is 884. The van der Waals surface area contributed by atoms with Crippen molar-refractivity contribution in [3.63, 3.8) is 0 Å². The minimum atomic E-state index is -0.982. The monoisotopic (exact) mass is 464 g/mol. The van der Waals surface area contributed by atoms with Gasteiger partial charge in [-0.05, 0) is 75.0 Å². The third-order valence-electron chi connectivity index (χ3n) is 10.4. The average molecular weight is 465 g/mol. The minimum absolute atomic E-state index is 0.0390. The van der Waals surface area contributed by atoms with Crippen molar-refractivity contribution in [2.24, 2.45) is 34.5 Å². The smallest absolute Gasteiger partial charge is 0.373 e. The maximum atomic E-state index is 12.2. The van der Waals surface area contributed by atoms with Crippen molar-refractivity contribution in [1.29, 1.82) is 0 Å². The van der Waals surface area contributed by atoms with Gasteiger partial charge in [0, 0.05) is 29.9 Å². The van der Waals surface area contributed by atoms with Crippen LogP contribution in [0.5, 0.6) is 0 Å². The fourth-order valence-electron chi connectivity index (χ4n) is 8.87. The maximum absolute atomic E-state index is 12.2. The average Bonchev–Trinajstić information content (AvgIpc) is 3.23. The molecule has 0 spiro atoms. The molecule has 9 atom stereocenters. The lowest BCUT2D eigenvalue weighted by Crippen LogP contribution is -2.65.